The highest BCUT2D eigenvalue weighted by molar-refractivity contribution is 7.89. The summed E-state index contributed by atoms with van der Waals surface area (Å²) >= 11 is 11.9. The second-order valence-corrected chi connectivity index (χ2v) is 8.64. The summed E-state index contributed by atoms with van der Waals surface area (Å²) in [5.41, 5.74) is 2.11. The summed E-state index contributed by atoms with van der Waals surface area (Å²) in [6, 6.07) is 9.87. The van der Waals surface area contributed by atoms with Crippen LogP contribution in [0.1, 0.15) is 11.1 Å². The number of nitrogens with one attached hydrogen (secondary N) is 2. The second-order valence-electron chi connectivity index (χ2n) is 6.09. The van der Waals surface area contributed by atoms with E-state index in [0.717, 1.165) is 5.69 Å². The lowest BCUT2D eigenvalue weighted by atomic mass is 10.2. The first-order chi connectivity index (χ1) is 13.3. The zero-order chi connectivity index (χ0) is 20.3. The highest BCUT2D eigenvalue weighted by atomic mass is 35.5. The molecule has 0 aliphatic carbocycles. The molecule has 2 aromatic rings. The minimum absolute atomic E-state index is 0.0360. The summed E-state index contributed by atoms with van der Waals surface area (Å²) in [5.74, 6) is 5.65. The van der Waals surface area contributed by atoms with E-state index in [4.69, 9.17) is 23.2 Å². The van der Waals surface area contributed by atoms with Gasteiger partial charge in [-0.05, 0) is 48.9 Å². The van der Waals surface area contributed by atoms with E-state index in [1.165, 1.54) is 12.1 Å². The number of anilines is 1. The molecule has 2 aromatic carbocycles. The SMILES string of the molecule is Cc1cc(S(=O)(=O)NCC#Cc2ccc(N3CCNC3=O)cc2)c(Cl)cc1Cl. The Kier molecular flexibility index (Phi) is 6.16. The molecule has 28 heavy (non-hydrogen) atoms. The maximum absolute atomic E-state index is 12.4. The van der Waals surface area contributed by atoms with Crippen LogP contribution in [0.25, 0.3) is 0 Å². The van der Waals surface area contributed by atoms with Gasteiger partial charge in [0.1, 0.15) is 4.90 Å². The van der Waals surface area contributed by atoms with Gasteiger partial charge in [0.2, 0.25) is 10.0 Å². The molecule has 0 atom stereocenters. The number of carbonyl (C=O) groups is 1. The van der Waals surface area contributed by atoms with E-state index in [2.05, 4.69) is 21.9 Å². The standard InChI is InChI=1S/C19H17Cl2N3O3S/c1-13-11-18(17(21)12-16(13)20)28(26,27)23-8-2-3-14-4-6-15(7-5-14)24-10-9-22-19(24)25/h4-7,11-12,23H,8-10H2,1H3,(H,22,25). The van der Waals surface area contributed by atoms with Gasteiger partial charge in [-0.3, -0.25) is 4.90 Å². The van der Waals surface area contributed by atoms with Crippen molar-refractivity contribution < 1.29 is 13.2 Å². The average Bonchev–Trinajstić information content (AvgIpc) is 3.08. The second kappa shape index (κ2) is 8.41. The molecular formula is C19H17Cl2N3O3S. The predicted octanol–water partition coefficient (Wildman–Crippen LogP) is 3.16. The molecule has 3 rings (SSSR count). The van der Waals surface area contributed by atoms with Crippen LogP contribution >= 0.6 is 23.2 Å². The van der Waals surface area contributed by atoms with Gasteiger partial charge in [0, 0.05) is 29.4 Å². The third-order valence-electron chi connectivity index (χ3n) is 4.12. The van der Waals surface area contributed by atoms with E-state index in [1.54, 1.807) is 36.1 Å². The number of halogens is 2. The Balaban J connectivity index is 1.65. The van der Waals surface area contributed by atoms with Crippen molar-refractivity contribution in [1.82, 2.24) is 10.0 Å². The van der Waals surface area contributed by atoms with Crippen LogP contribution in [-0.2, 0) is 10.0 Å². The molecular weight excluding hydrogens is 421 g/mol. The molecule has 1 fully saturated rings. The van der Waals surface area contributed by atoms with Crippen LogP contribution in [0.3, 0.4) is 0 Å². The van der Waals surface area contributed by atoms with E-state index in [-0.39, 0.29) is 22.5 Å². The van der Waals surface area contributed by atoms with Crippen LogP contribution in [0.5, 0.6) is 0 Å². The molecule has 1 saturated heterocycles. The minimum atomic E-state index is -3.80. The maximum atomic E-state index is 12.4. The smallest absolute Gasteiger partial charge is 0.321 e. The molecule has 0 spiro atoms. The fraction of sp³-hybridized carbons (Fsp3) is 0.211. The summed E-state index contributed by atoms with van der Waals surface area (Å²) in [6.45, 7) is 2.87. The fourth-order valence-corrected chi connectivity index (χ4v) is 4.39. The number of carbonyl (C=O) groups excluding carboxylic acids is 1. The van der Waals surface area contributed by atoms with E-state index in [1.807, 2.05) is 0 Å². The molecule has 2 amide bonds. The minimum Gasteiger partial charge on any atom is -0.336 e. The summed E-state index contributed by atoms with van der Waals surface area (Å²) in [7, 11) is -3.80. The van der Waals surface area contributed by atoms with Crippen molar-refractivity contribution >= 4 is 44.9 Å². The highest BCUT2D eigenvalue weighted by Crippen LogP contribution is 2.28. The van der Waals surface area contributed by atoms with Gasteiger partial charge < -0.3 is 5.32 Å². The first kappa shape index (κ1) is 20.5. The van der Waals surface area contributed by atoms with E-state index < -0.39 is 10.0 Å². The maximum Gasteiger partial charge on any atom is 0.321 e. The van der Waals surface area contributed by atoms with Crippen molar-refractivity contribution in [2.75, 3.05) is 24.5 Å². The summed E-state index contributed by atoms with van der Waals surface area (Å²) < 4.78 is 27.2. The topological polar surface area (TPSA) is 78.5 Å². The summed E-state index contributed by atoms with van der Waals surface area (Å²) in [4.78, 5) is 13.3. The monoisotopic (exact) mass is 437 g/mol. The number of aryl methyl sites for hydroxylation is 1. The lowest BCUT2D eigenvalue weighted by molar-refractivity contribution is 0.252. The van der Waals surface area contributed by atoms with Crippen LogP contribution in [0.15, 0.2) is 41.3 Å². The van der Waals surface area contributed by atoms with Gasteiger partial charge in [-0.1, -0.05) is 35.0 Å². The predicted molar refractivity (Wildman–Crippen MR) is 110 cm³/mol. The molecule has 146 valence electrons. The van der Waals surface area contributed by atoms with Gasteiger partial charge >= 0.3 is 6.03 Å². The number of sulfonamides is 1. The molecule has 0 aromatic heterocycles. The summed E-state index contributed by atoms with van der Waals surface area (Å²) in [6.07, 6.45) is 0. The summed E-state index contributed by atoms with van der Waals surface area (Å²) in [5, 5.41) is 3.19. The third kappa shape index (κ3) is 4.59. The first-order valence-electron chi connectivity index (χ1n) is 8.37. The lowest BCUT2D eigenvalue weighted by Gasteiger charge is -2.13. The van der Waals surface area contributed by atoms with Crippen molar-refractivity contribution in [3.05, 3.63) is 57.6 Å². The number of hydrogen-bond donors (Lipinski definition) is 2. The van der Waals surface area contributed by atoms with Crippen LogP contribution in [0.2, 0.25) is 10.0 Å². The molecule has 1 heterocycles. The van der Waals surface area contributed by atoms with E-state index in [9.17, 15) is 13.2 Å². The molecule has 0 radical (unpaired) electrons. The Bertz CT molecular complexity index is 1070. The Morgan fingerprint density at radius 1 is 1.18 bits per heavy atom. The van der Waals surface area contributed by atoms with Gasteiger partial charge in [-0.25, -0.2) is 13.2 Å². The quantitative estimate of drug-likeness (QED) is 0.720. The van der Waals surface area contributed by atoms with E-state index in [0.29, 0.717) is 29.2 Å². The molecule has 1 aliphatic heterocycles. The van der Waals surface area contributed by atoms with Crippen LogP contribution < -0.4 is 14.9 Å². The Morgan fingerprint density at radius 3 is 2.54 bits per heavy atom. The highest BCUT2D eigenvalue weighted by Gasteiger charge is 2.21. The first-order valence-corrected chi connectivity index (χ1v) is 10.6. The Morgan fingerprint density at radius 2 is 1.89 bits per heavy atom. The number of amides is 2. The number of benzene rings is 2. The molecule has 0 bridgehead atoms. The van der Waals surface area contributed by atoms with Crippen molar-refractivity contribution in [2.45, 2.75) is 11.8 Å². The van der Waals surface area contributed by atoms with Crippen molar-refractivity contribution in [3.63, 3.8) is 0 Å². The molecule has 0 saturated carbocycles. The fourth-order valence-electron chi connectivity index (χ4n) is 2.63. The third-order valence-corrected chi connectivity index (χ3v) is 6.39. The number of nitrogens with zero attached hydrogens (tertiary/aromatic N) is 1. The van der Waals surface area contributed by atoms with Gasteiger partial charge in [0.05, 0.1) is 11.6 Å². The van der Waals surface area contributed by atoms with Crippen LogP contribution in [0, 0.1) is 18.8 Å². The lowest BCUT2D eigenvalue weighted by Crippen LogP contribution is -2.27. The van der Waals surface area contributed by atoms with E-state index >= 15 is 0 Å². The van der Waals surface area contributed by atoms with Crippen molar-refractivity contribution in [2.24, 2.45) is 0 Å². The molecule has 6 nitrogen and oxygen atoms in total. The number of urea groups is 1. The Hall–Kier alpha value is -2.24. The van der Waals surface area contributed by atoms with Crippen molar-refractivity contribution in [1.29, 1.82) is 0 Å². The van der Waals surface area contributed by atoms with Crippen LogP contribution in [-0.4, -0.2) is 34.1 Å². The number of rotatable bonds is 4. The molecule has 1 aliphatic rings. The number of hydrogen-bond acceptors (Lipinski definition) is 3. The van der Waals surface area contributed by atoms with Gasteiger partial charge in [0.25, 0.3) is 0 Å². The van der Waals surface area contributed by atoms with Crippen LogP contribution in [0.4, 0.5) is 10.5 Å². The molecule has 0 unspecified atom stereocenters. The van der Waals surface area contributed by atoms with Gasteiger partial charge in [0.15, 0.2) is 0 Å². The Labute approximate surface area is 173 Å². The van der Waals surface area contributed by atoms with Gasteiger partial charge in [-0.15, -0.1) is 0 Å². The molecule has 2 N–H and O–H groups in total. The molecule has 9 heteroatoms. The average molecular weight is 438 g/mol. The zero-order valence-corrected chi connectivity index (χ0v) is 17.2. The largest absolute Gasteiger partial charge is 0.336 e. The van der Waals surface area contributed by atoms with Gasteiger partial charge in [-0.2, -0.15) is 4.72 Å². The normalized spacial score (nSPS) is 13.8. The van der Waals surface area contributed by atoms with Crippen molar-refractivity contribution in [3.8, 4) is 11.8 Å². The zero-order valence-electron chi connectivity index (χ0n) is 14.9.